The van der Waals surface area contributed by atoms with Crippen molar-refractivity contribution in [3.05, 3.63) is 23.8 Å². The Balaban J connectivity index is 1.96. The molecule has 4 nitrogen and oxygen atoms in total. The van der Waals surface area contributed by atoms with Gasteiger partial charge in [-0.3, -0.25) is 9.69 Å². The van der Waals surface area contributed by atoms with Crippen LogP contribution in [0.3, 0.4) is 0 Å². The summed E-state index contributed by atoms with van der Waals surface area (Å²) in [6.07, 6.45) is -2.87. The monoisotopic (exact) mass is 301 g/mol. The number of benzene rings is 1. The fourth-order valence-electron chi connectivity index (χ4n) is 2.19. The fraction of sp³-hybridized carbons (Fsp3) is 0.500. The number of halogens is 3. The molecule has 1 saturated carbocycles. The largest absolute Gasteiger partial charge is 0.401 e. The van der Waals surface area contributed by atoms with Crippen molar-refractivity contribution in [3.63, 3.8) is 0 Å². The number of alkyl halides is 3. The summed E-state index contributed by atoms with van der Waals surface area (Å²) in [5.74, 6) is -0.445. The predicted octanol–water partition coefficient (Wildman–Crippen LogP) is 2.54. The number of rotatable bonds is 5. The van der Waals surface area contributed by atoms with Crippen LogP contribution in [0.1, 0.15) is 18.4 Å². The van der Waals surface area contributed by atoms with E-state index >= 15 is 0 Å². The number of nitrogens with two attached hydrogens (primary N) is 1. The highest BCUT2D eigenvalue weighted by atomic mass is 19.4. The first-order chi connectivity index (χ1) is 9.74. The minimum absolute atomic E-state index is 0.134. The molecular weight excluding hydrogens is 283 g/mol. The van der Waals surface area contributed by atoms with Crippen molar-refractivity contribution in [2.24, 2.45) is 0 Å². The third kappa shape index (κ3) is 4.93. The molecule has 1 aromatic rings. The van der Waals surface area contributed by atoms with Gasteiger partial charge < -0.3 is 11.1 Å². The lowest BCUT2D eigenvalue weighted by Crippen LogP contribution is -2.41. The molecule has 0 heterocycles. The van der Waals surface area contributed by atoms with Gasteiger partial charge in [-0.05, 0) is 43.5 Å². The van der Waals surface area contributed by atoms with Gasteiger partial charge in [-0.15, -0.1) is 0 Å². The number of hydrogen-bond acceptors (Lipinski definition) is 3. The van der Waals surface area contributed by atoms with E-state index in [1.54, 1.807) is 25.1 Å². The van der Waals surface area contributed by atoms with E-state index < -0.39 is 18.6 Å². The zero-order valence-corrected chi connectivity index (χ0v) is 11.7. The number of amides is 1. The molecule has 3 N–H and O–H groups in total. The second kappa shape index (κ2) is 5.93. The van der Waals surface area contributed by atoms with E-state index in [0.717, 1.165) is 5.56 Å². The molecule has 7 heteroatoms. The maximum absolute atomic E-state index is 12.5. The molecule has 116 valence electrons. The molecule has 0 radical (unpaired) electrons. The molecule has 1 amide bonds. The SMILES string of the molecule is Cc1cc(N)ccc1NC(=O)CN(CC(F)(F)F)C1CC1. The Kier molecular flexibility index (Phi) is 4.41. The molecule has 0 unspecified atom stereocenters. The number of hydrogen-bond donors (Lipinski definition) is 2. The van der Waals surface area contributed by atoms with Crippen LogP contribution in [0.25, 0.3) is 0 Å². The number of carbonyl (C=O) groups excluding carboxylic acids is 1. The highest BCUT2D eigenvalue weighted by Crippen LogP contribution is 2.30. The van der Waals surface area contributed by atoms with Crippen LogP contribution >= 0.6 is 0 Å². The van der Waals surface area contributed by atoms with Crippen molar-refractivity contribution in [2.75, 3.05) is 24.1 Å². The van der Waals surface area contributed by atoms with Gasteiger partial charge in [0, 0.05) is 17.4 Å². The summed E-state index contributed by atoms with van der Waals surface area (Å²) in [4.78, 5) is 13.1. The zero-order chi connectivity index (χ0) is 15.6. The standard InChI is InChI=1S/C14H18F3N3O/c1-9-6-10(18)2-5-12(9)19-13(21)7-20(11-3-4-11)8-14(15,16)17/h2,5-6,11H,3-4,7-8,18H2,1H3,(H,19,21). The highest BCUT2D eigenvalue weighted by molar-refractivity contribution is 5.93. The zero-order valence-electron chi connectivity index (χ0n) is 11.7. The summed E-state index contributed by atoms with van der Waals surface area (Å²) in [6.45, 7) is 0.472. The molecule has 1 aliphatic carbocycles. The highest BCUT2D eigenvalue weighted by Gasteiger charge is 2.38. The number of anilines is 2. The van der Waals surface area contributed by atoms with E-state index in [1.807, 2.05) is 0 Å². The second-order valence-electron chi connectivity index (χ2n) is 5.37. The lowest BCUT2D eigenvalue weighted by atomic mass is 10.2. The average molecular weight is 301 g/mol. The van der Waals surface area contributed by atoms with Crippen LogP contribution in [-0.2, 0) is 4.79 Å². The summed E-state index contributed by atoms with van der Waals surface area (Å²) in [6, 6.07) is 4.85. The number of nitrogens with one attached hydrogen (secondary N) is 1. The number of carbonyl (C=O) groups is 1. The molecule has 1 fully saturated rings. The molecule has 0 aliphatic heterocycles. The number of nitrogens with zero attached hydrogens (tertiary/aromatic N) is 1. The van der Waals surface area contributed by atoms with E-state index in [4.69, 9.17) is 5.73 Å². The van der Waals surface area contributed by atoms with Gasteiger partial charge in [0.2, 0.25) is 5.91 Å². The first-order valence-corrected chi connectivity index (χ1v) is 6.71. The Morgan fingerprint density at radius 1 is 1.43 bits per heavy atom. The van der Waals surface area contributed by atoms with Crippen LogP contribution in [-0.4, -0.2) is 36.1 Å². The molecule has 0 bridgehead atoms. The lowest BCUT2D eigenvalue weighted by molar-refractivity contribution is -0.149. The molecule has 1 aliphatic rings. The smallest absolute Gasteiger partial charge is 0.399 e. The van der Waals surface area contributed by atoms with Crippen molar-refractivity contribution < 1.29 is 18.0 Å². The third-order valence-corrected chi connectivity index (χ3v) is 3.32. The summed E-state index contributed by atoms with van der Waals surface area (Å²) in [5, 5.41) is 2.63. The van der Waals surface area contributed by atoms with Crippen molar-refractivity contribution in [1.29, 1.82) is 0 Å². The predicted molar refractivity (Wildman–Crippen MR) is 74.9 cm³/mol. The average Bonchev–Trinajstić information content (AvgIpc) is 3.14. The van der Waals surface area contributed by atoms with Crippen molar-refractivity contribution in [3.8, 4) is 0 Å². The quantitative estimate of drug-likeness (QED) is 0.822. The van der Waals surface area contributed by atoms with Crippen LogP contribution in [0.15, 0.2) is 18.2 Å². The van der Waals surface area contributed by atoms with Crippen LogP contribution in [0.5, 0.6) is 0 Å². The fourth-order valence-corrected chi connectivity index (χ4v) is 2.19. The minimum atomic E-state index is -4.29. The maximum atomic E-state index is 12.5. The molecule has 0 spiro atoms. The molecule has 0 aromatic heterocycles. The van der Waals surface area contributed by atoms with Crippen molar-refractivity contribution in [1.82, 2.24) is 4.90 Å². The van der Waals surface area contributed by atoms with Crippen LogP contribution in [0, 0.1) is 6.92 Å². The maximum Gasteiger partial charge on any atom is 0.401 e. The molecule has 2 rings (SSSR count). The molecular formula is C14H18F3N3O. The van der Waals surface area contributed by atoms with Gasteiger partial charge in [0.1, 0.15) is 0 Å². The third-order valence-electron chi connectivity index (χ3n) is 3.32. The Morgan fingerprint density at radius 2 is 2.10 bits per heavy atom. The molecule has 1 aromatic carbocycles. The topological polar surface area (TPSA) is 58.4 Å². The lowest BCUT2D eigenvalue weighted by Gasteiger charge is -2.22. The first kappa shape index (κ1) is 15.6. The Bertz CT molecular complexity index is 527. The summed E-state index contributed by atoms with van der Waals surface area (Å²) in [5.41, 5.74) is 7.52. The van der Waals surface area contributed by atoms with E-state index in [0.29, 0.717) is 24.2 Å². The molecule has 0 saturated heterocycles. The molecule has 21 heavy (non-hydrogen) atoms. The Labute approximate surface area is 121 Å². The van der Waals surface area contributed by atoms with Crippen LogP contribution < -0.4 is 11.1 Å². The van der Waals surface area contributed by atoms with Crippen LogP contribution in [0.2, 0.25) is 0 Å². The van der Waals surface area contributed by atoms with Gasteiger partial charge in [-0.2, -0.15) is 13.2 Å². The van der Waals surface area contributed by atoms with Crippen molar-refractivity contribution >= 4 is 17.3 Å². The summed E-state index contributed by atoms with van der Waals surface area (Å²) in [7, 11) is 0. The second-order valence-corrected chi connectivity index (χ2v) is 5.37. The number of aryl methyl sites for hydroxylation is 1. The van der Waals surface area contributed by atoms with Gasteiger partial charge in [0.25, 0.3) is 0 Å². The Hall–Kier alpha value is -1.76. The van der Waals surface area contributed by atoms with Gasteiger partial charge in [-0.25, -0.2) is 0 Å². The van der Waals surface area contributed by atoms with E-state index in [2.05, 4.69) is 5.32 Å². The Morgan fingerprint density at radius 3 is 2.62 bits per heavy atom. The first-order valence-electron chi connectivity index (χ1n) is 6.71. The van der Waals surface area contributed by atoms with Gasteiger partial charge in [0.05, 0.1) is 13.1 Å². The normalized spacial score (nSPS) is 15.3. The molecule has 0 atom stereocenters. The van der Waals surface area contributed by atoms with E-state index in [-0.39, 0.29) is 12.6 Å². The van der Waals surface area contributed by atoms with Gasteiger partial charge in [-0.1, -0.05) is 0 Å². The van der Waals surface area contributed by atoms with E-state index in [1.165, 1.54) is 4.90 Å². The van der Waals surface area contributed by atoms with Gasteiger partial charge >= 0.3 is 6.18 Å². The summed E-state index contributed by atoms with van der Waals surface area (Å²) >= 11 is 0. The summed E-state index contributed by atoms with van der Waals surface area (Å²) < 4.78 is 37.5. The van der Waals surface area contributed by atoms with Crippen LogP contribution in [0.4, 0.5) is 24.5 Å². The minimum Gasteiger partial charge on any atom is -0.399 e. The van der Waals surface area contributed by atoms with Crippen molar-refractivity contribution in [2.45, 2.75) is 32.0 Å². The number of nitrogen functional groups attached to an aromatic ring is 1. The van der Waals surface area contributed by atoms with Gasteiger partial charge in [0.15, 0.2) is 0 Å². The van der Waals surface area contributed by atoms with E-state index in [9.17, 15) is 18.0 Å².